The van der Waals surface area contributed by atoms with E-state index in [1.54, 1.807) is 15.9 Å². The number of benzene rings is 1. The summed E-state index contributed by atoms with van der Waals surface area (Å²) in [7, 11) is 0. The predicted molar refractivity (Wildman–Crippen MR) is 116 cm³/mol. The van der Waals surface area contributed by atoms with Gasteiger partial charge in [0.1, 0.15) is 0 Å². The van der Waals surface area contributed by atoms with Crippen LogP contribution in [-0.2, 0) is 17.5 Å². The molecular formula is C23H33F3N4O2. The van der Waals surface area contributed by atoms with Crippen LogP contribution in [0.2, 0.25) is 0 Å². The highest BCUT2D eigenvalue weighted by Crippen LogP contribution is 2.30. The van der Waals surface area contributed by atoms with Gasteiger partial charge in [-0.3, -0.25) is 9.69 Å². The van der Waals surface area contributed by atoms with Gasteiger partial charge in [-0.1, -0.05) is 18.2 Å². The summed E-state index contributed by atoms with van der Waals surface area (Å²) in [5.74, 6) is -0.0981. The number of amides is 3. The van der Waals surface area contributed by atoms with E-state index in [0.29, 0.717) is 64.5 Å². The van der Waals surface area contributed by atoms with Gasteiger partial charge in [-0.25, -0.2) is 4.79 Å². The molecule has 9 heteroatoms. The van der Waals surface area contributed by atoms with E-state index in [4.69, 9.17) is 0 Å². The standard InChI is InChI=1S/C23H33F3N4O2/c1-3-28(4-2)22(32)30-10-6-8-19(17-30)21(31)29-13-11-27(12-14-29)16-18-7-5-9-20(15-18)23(24,25)26/h5,7,9,15,19H,3-4,6,8,10-14,16-17H2,1-2H3. The zero-order valence-electron chi connectivity index (χ0n) is 18.9. The molecular weight excluding hydrogens is 421 g/mol. The molecule has 32 heavy (non-hydrogen) atoms. The molecule has 2 heterocycles. The summed E-state index contributed by atoms with van der Waals surface area (Å²) in [5, 5.41) is 0. The number of rotatable bonds is 5. The van der Waals surface area contributed by atoms with Gasteiger partial charge in [0.2, 0.25) is 5.91 Å². The first kappa shape index (κ1) is 24.4. The molecule has 1 aromatic rings. The molecule has 0 N–H and O–H groups in total. The molecule has 0 aliphatic carbocycles. The van der Waals surface area contributed by atoms with Crippen molar-refractivity contribution >= 4 is 11.9 Å². The molecule has 2 saturated heterocycles. The van der Waals surface area contributed by atoms with E-state index in [2.05, 4.69) is 4.90 Å². The van der Waals surface area contributed by atoms with Crippen LogP contribution >= 0.6 is 0 Å². The lowest BCUT2D eigenvalue weighted by Gasteiger charge is -2.40. The van der Waals surface area contributed by atoms with Crippen molar-refractivity contribution in [2.24, 2.45) is 5.92 Å². The zero-order valence-corrected chi connectivity index (χ0v) is 18.9. The maximum Gasteiger partial charge on any atom is 0.416 e. The number of likely N-dealkylation sites (tertiary alicyclic amines) is 1. The van der Waals surface area contributed by atoms with Crippen LogP contribution in [0.5, 0.6) is 0 Å². The summed E-state index contributed by atoms with van der Waals surface area (Å²) in [6.45, 7) is 9.13. The summed E-state index contributed by atoms with van der Waals surface area (Å²) in [4.78, 5) is 33.2. The minimum atomic E-state index is -4.35. The number of nitrogens with zero attached hydrogens (tertiary/aromatic N) is 4. The van der Waals surface area contributed by atoms with Crippen LogP contribution in [-0.4, -0.2) is 83.9 Å². The Balaban J connectivity index is 1.51. The summed E-state index contributed by atoms with van der Waals surface area (Å²) >= 11 is 0. The number of urea groups is 1. The highest BCUT2D eigenvalue weighted by Gasteiger charge is 2.34. The molecule has 0 radical (unpaired) electrons. The lowest BCUT2D eigenvalue weighted by molar-refractivity contribution is -0.139. The lowest BCUT2D eigenvalue weighted by Crippen LogP contribution is -2.54. The molecule has 1 aromatic carbocycles. The van der Waals surface area contributed by atoms with Gasteiger partial charge in [0.15, 0.2) is 0 Å². The third-order valence-electron chi connectivity index (χ3n) is 6.42. The van der Waals surface area contributed by atoms with Crippen molar-refractivity contribution < 1.29 is 22.8 Å². The molecule has 0 spiro atoms. The fourth-order valence-electron chi connectivity index (χ4n) is 4.54. The molecule has 3 rings (SSSR count). The van der Waals surface area contributed by atoms with E-state index in [-0.39, 0.29) is 17.9 Å². The van der Waals surface area contributed by atoms with E-state index in [9.17, 15) is 22.8 Å². The average molecular weight is 455 g/mol. The summed E-state index contributed by atoms with van der Waals surface area (Å²) < 4.78 is 38.8. The number of hydrogen-bond donors (Lipinski definition) is 0. The number of hydrogen-bond acceptors (Lipinski definition) is 3. The van der Waals surface area contributed by atoms with Gasteiger partial charge in [-0.15, -0.1) is 0 Å². The van der Waals surface area contributed by atoms with E-state index >= 15 is 0 Å². The average Bonchev–Trinajstić information content (AvgIpc) is 2.79. The van der Waals surface area contributed by atoms with Crippen molar-refractivity contribution in [1.29, 1.82) is 0 Å². The largest absolute Gasteiger partial charge is 0.416 e. The van der Waals surface area contributed by atoms with Crippen molar-refractivity contribution in [3.8, 4) is 0 Å². The minimum Gasteiger partial charge on any atom is -0.340 e. The second-order valence-electron chi connectivity index (χ2n) is 8.54. The van der Waals surface area contributed by atoms with Crippen LogP contribution < -0.4 is 0 Å². The number of carbonyl (C=O) groups excluding carboxylic acids is 2. The maximum absolute atomic E-state index is 13.1. The second-order valence-corrected chi connectivity index (χ2v) is 8.54. The normalized spacial score (nSPS) is 20.3. The topological polar surface area (TPSA) is 47.1 Å². The molecule has 1 unspecified atom stereocenters. The molecule has 3 amide bonds. The van der Waals surface area contributed by atoms with Crippen molar-refractivity contribution in [1.82, 2.24) is 19.6 Å². The molecule has 0 bridgehead atoms. The number of piperidine rings is 1. The summed E-state index contributed by atoms with van der Waals surface area (Å²) in [6.07, 6.45) is -2.74. The van der Waals surface area contributed by atoms with E-state index in [1.807, 2.05) is 18.7 Å². The van der Waals surface area contributed by atoms with Gasteiger partial charge >= 0.3 is 12.2 Å². The molecule has 2 fully saturated rings. The Morgan fingerprint density at radius 2 is 1.72 bits per heavy atom. The van der Waals surface area contributed by atoms with Crippen LogP contribution in [0.25, 0.3) is 0 Å². The Kier molecular flexibility index (Phi) is 8.03. The first-order valence-corrected chi connectivity index (χ1v) is 11.4. The number of carbonyl (C=O) groups is 2. The van der Waals surface area contributed by atoms with Crippen LogP contribution in [0.1, 0.15) is 37.8 Å². The smallest absolute Gasteiger partial charge is 0.340 e. The van der Waals surface area contributed by atoms with Gasteiger partial charge in [0.05, 0.1) is 11.5 Å². The Hall–Kier alpha value is -2.29. The Labute approximate surface area is 187 Å². The molecule has 2 aliphatic heterocycles. The van der Waals surface area contributed by atoms with E-state index < -0.39 is 11.7 Å². The Morgan fingerprint density at radius 1 is 1.03 bits per heavy atom. The monoisotopic (exact) mass is 454 g/mol. The van der Waals surface area contributed by atoms with E-state index in [1.165, 1.54) is 12.1 Å². The Morgan fingerprint density at radius 3 is 2.34 bits per heavy atom. The van der Waals surface area contributed by atoms with Gasteiger partial charge < -0.3 is 14.7 Å². The summed E-state index contributed by atoms with van der Waals surface area (Å²) in [5.41, 5.74) is -0.0117. The number of piperazine rings is 1. The van der Waals surface area contributed by atoms with Gasteiger partial charge in [-0.05, 0) is 38.3 Å². The minimum absolute atomic E-state index is 0.00148. The molecule has 6 nitrogen and oxygen atoms in total. The zero-order chi connectivity index (χ0) is 23.3. The van der Waals surface area contributed by atoms with E-state index in [0.717, 1.165) is 18.9 Å². The van der Waals surface area contributed by atoms with Crippen molar-refractivity contribution in [2.45, 2.75) is 39.4 Å². The Bertz CT molecular complexity index is 790. The predicted octanol–water partition coefficient (Wildman–Crippen LogP) is 3.52. The second kappa shape index (κ2) is 10.6. The van der Waals surface area contributed by atoms with Crippen LogP contribution in [0.3, 0.4) is 0 Å². The highest BCUT2D eigenvalue weighted by molar-refractivity contribution is 5.81. The molecule has 0 saturated carbocycles. The van der Waals surface area contributed by atoms with Gasteiger partial charge in [-0.2, -0.15) is 13.2 Å². The fraction of sp³-hybridized carbons (Fsp3) is 0.652. The first-order chi connectivity index (χ1) is 15.2. The molecule has 178 valence electrons. The quantitative estimate of drug-likeness (QED) is 0.684. The maximum atomic E-state index is 13.1. The third-order valence-corrected chi connectivity index (χ3v) is 6.42. The number of halogens is 3. The van der Waals surface area contributed by atoms with Crippen molar-refractivity contribution in [2.75, 3.05) is 52.4 Å². The molecule has 0 aromatic heterocycles. The number of alkyl halides is 3. The third kappa shape index (κ3) is 5.94. The fourth-order valence-corrected chi connectivity index (χ4v) is 4.54. The SMILES string of the molecule is CCN(CC)C(=O)N1CCCC(C(=O)N2CCN(Cc3cccc(C(F)(F)F)c3)CC2)C1. The van der Waals surface area contributed by atoms with Crippen molar-refractivity contribution in [3.05, 3.63) is 35.4 Å². The van der Waals surface area contributed by atoms with Crippen LogP contribution in [0, 0.1) is 5.92 Å². The van der Waals surface area contributed by atoms with Crippen LogP contribution in [0.15, 0.2) is 24.3 Å². The lowest BCUT2D eigenvalue weighted by atomic mass is 9.96. The van der Waals surface area contributed by atoms with Gasteiger partial charge in [0, 0.05) is 58.9 Å². The van der Waals surface area contributed by atoms with Crippen molar-refractivity contribution in [3.63, 3.8) is 0 Å². The highest BCUT2D eigenvalue weighted by atomic mass is 19.4. The molecule has 2 aliphatic rings. The van der Waals surface area contributed by atoms with Crippen LogP contribution in [0.4, 0.5) is 18.0 Å². The summed E-state index contributed by atoms with van der Waals surface area (Å²) in [6, 6.07) is 5.42. The van der Waals surface area contributed by atoms with Gasteiger partial charge in [0.25, 0.3) is 0 Å². The first-order valence-electron chi connectivity index (χ1n) is 11.4. The molecule has 1 atom stereocenters.